The first kappa shape index (κ1) is 14.6. The molecule has 0 spiro atoms. The maximum atomic E-state index is 3.33. The Labute approximate surface area is 102 Å². The molecule has 82 valence electrons. The first-order valence-electron chi connectivity index (χ1n) is 5.59. The van der Waals surface area contributed by atoms with Gasteiger partial charge in [0.2, 0.25) is 0 Å². The summed E-state index contributed by atoms with van der Waals surface area (Å²) < 4.78 is 0. The number of unbranched alkanes of at least 4 members (excludes halogenated alkanes) is 2. The van der Waals surface area contributed by atoms with E-state index in [1.54, 1.807) is 0 Å². The molecule has 0 fully saturated rings. The number of hydrogen-bond donors (Lipinski definition) is 0. The Morgan fingerprint density at radius 1 is 0.929 bits per heavy atom. The minimum atomic E-state index is 0.617. The topological polar surface area (TPSA) is 0 Å². The van der Waals surface area contributed by atoms with E-state index < -0.39 is 0 Å². The van der Waals surface area contributed by atoms with Gasteiger partial charge in [0.15, 0.2) is 0 Å². The van der Waals surface area contributed by atoms with Gasteiger partial charge < -0.3 is 0 Å². The monoisotopic (exact) mass is 326 g/mol. The van der Waals surface area contributed by atoms with E-state index in [4.69, 9.17) is 0 Å². The van der Waals surface area contributed by atoms with Gasteiger partial charge in [-0.2, -0.15) is 0 Å². The van der Waals surface area contributed by atoms with Crippen LogP contribution in [-0.2, 0) is 0 Å². The number of rotatable bonds is 8. The van der Waals surface area contributed by atoms with Crippen LogP contribution >= 0.6 is 0 Å². The van der Waals surface area contributed by atoms with Crippen LogP contribution in [-0.4, -0.2) is 29.9 Å². The van der Waals surface area contributed by atoms with Crippen LogP contribution in [0.4, 0.5) is 0 Å². The maximum absolute atomic E-state index is 3.33. The first-order valence-corrected chi connectivity index (χ1v) is 10.1. The van der Waals surface area contributed by atoms with Gasteiger partial charge in [0.25, 0.3) is 0 Å². The van der Waals surface area contributed by atoms with E-state index >= 15 is 0 Å². The van der Waals surface area contributed by atoms with Crippen molar-refractivity contribution in [1.82, 2.24) is 0 Å². The molecule has 0 heterocycles. The van der Waals surface area contributed by atoms with Crippen molar-refractivity contribution in [2.24, 2.45) is 0 Å². The fourth-order valence-corrected chi connectivity index (χ4v) is 4.37. The third-order valence-corrected chi connectivity index (χ3v) is 5.64. The van der Waals surface area contributed by atoms with Gasteiger partial charge in [-0.05, 0) is 0 Å². The standard InChI is InChI=1S/C12H22Se2/c1-3-5-9-13-11-7-8-12-14-10-6-4-2/h3-7,9-11H2,1-2H3. The molecule has 0 rings (SSSR count). The van der Waals surface area contributed by atoms with Crippen LogP contribution in [0.1, 0.15) is 46.0 Å². The molecule has 0 saturated carbocycles. The molecule has 0 aliphatic carbocycles. The molecule has 0 aromatic heterocycles. The molecule has 14 heavy (non-hydrogen) atoms. The SMILES string of the molecule is CCCC[Se]C#CCC[Se]CCCC. The quantitative estimate of drug-likeness (QED) is 0.364. The fourth-order valence-electron chi connectivity index (χ4n) is 0.841. The van der Waals surface area contributed by atoms with Gasteiger partial charge in [0.05, 0.1) is 0 Å². The molecule has 0 atom stereocenters. The van der Waals surface area contributed by atoms with Crippen LogP contribution < -0.4 is 0 Å². The predicted molar refractivity (Wildman–Crippen MR) is 68.1 cm³/mol. The zero-order valence-electron chi connectivity index (χ0n) is 9.47. The van der Waals surface area contributed by atoms with Gasteiger partial charge in [-0.15, -0.1) is 0 Å². The Morgan fingerprint density at radius 2 is 1.64 bits per heavy atom. The van der Waals surface area contributed by atoms with Crippen molar-refractivity contribution >= 4 is 29.9 Å². The van der Waals surface area contributed by atoms with Crippen molar-refractivity contribution in [3.8, 4) is 10.7 Å². The summed E-state index contributed by atoms with van der Waals surface area (Å²) in [5, 5.41) is 4.20. The van der Waals surface area contributed by atoms with E-state index in [-0.39, 0.29) is 0 Å². The van der Waals surface area contributed by atoms with Crippen molar-refractivity contribution in [3.63, 3.8) is 0 Å². The molecule has 0 unspecified atom stereocenters. The Morgan fingerprint density at radius 3 is 2.36 bits per heavy atom. The van der Waals surface area contributed by atoms with Gasteiger partial charge in [-0.25, -0.2) is 0 Å². The Hall–Kier alpha value is 0.599. The van der Waals surface area contributed by atoms with Crippen molar-refractivity contribution < 1.29 is 0 Å². The summed E-state index contributed by atoms with van der Waals surface area (Å²) in [4.78, 5) is 3.33. The van der Waals surface area contributed by atoms with Crippen molar-refractivity contribution in [1.29, 1.82) is 0 Å². The second-order valence-electron chi connectivity index (χ2n) is 3.20. The zero-order valence-corrected chi connectivity index (χ0v) is 12.9. The average molecular weight is 324 g/mol. The second kappa shape index (κ2) is 13.6. The van der Waals surface area contributed by atoms with E-state index in [0.29, 0.717) is 15.0 Å². The molecule has 0 bridgehead atoms. The minimum absolute atomic E-state index is 0.617. The molecule has 0 aliphatic rings. The molecule has 0 saturated heterocycles. The van der Waals surface area contributed by atoms with Crippen LogP contribution in [0.5, 0.6) is 0 Å². The van der Waals surface area contributed by atoms with Crippen LogP contribution in [0.3, 0.4) is 0 Å². The summed E-state index contributed by atoms with van der Waals surface area (Å²) >= 11 is 1.49. The second-order valence-corrected chi connectivity index (χ2v) is 7.66. The molecular formula is C12H22Se2. The summed E-state index contributed by atoms with van der Waals surface area (Å²) in [6, 6.07) is 0. The molecule has 0 radical (unpaired) electrons. The Bertz CT molecular complexity index is 155. The molecule has 0 N–H and O–H groups in total. The van der Waals surface area contributed by atoms with Gasteiger partial charge >= 0.3 is 103 Å². The third-order valence-electron chi connectivity index (χ3n) is 1.76. The summed E-state index contributed by atoms with van der Waals surface area (Å²) in [5.41, 5.74) is 0. The van der Waals surface area contributed by atoms with E-state index in [2.05, 4.69) is 24.6 Å². The third kappa shape index (κ3) is 12.6. The zero-order chi connectivity index (χ0) is 10.5. The normalized spacial score (nSPS) is 9.57. The fraction of sp³-hybridized carbons (Fsp3) is 0.833. The van der Waals surface area contributed by atoms with Crippen molar-refractivity contribution in [3.05, 3.63) is 0 Å². The molecule has 0 aromatic carbocycles. The summed E-state index contributed by atoms with van der Waals surface area (Å²) in [5.74, 6) is 3.31. The van der Waals surface area contributed by atoms with E-state index in [9.17, 15) is 0 Å². The molecule has 0 amide bonds. The van der Waals surface area contributed by atoms with Gasteiger partial charge in [0, 0.05) is 0 Å². The first-order chi connectivity index (χ1) is 6.91. The summed E-state index contributed by atoms with van der Waals surface area (Å²) in [6.07, 6.45) is 6.64. The molecule has 0 nitrogen and oxygen atoms in total. The van der Waals surface area contributed by atoms with Crippen LogP contribution in [0.15, 0.2) is 0 Å². The van der Waals surface area contributed by atoms with Crippen molar-refractivity contribution in [2.75, 3.05) is 0 Å². The van der Waals surface area contributed by atoms with Crippen LogP contribution in [0, 0.1) is 10.7 Å². The van der Waals surface area contributed by atoms with E-state index in [0.717, 1.165) is 21.4 Å². The van der Waals surface area contributed by atoms with E-state index in [1.165, 1.54) is 41.6 Å². The summed E-state index contributed by atoms with van der Waals surface area (Å²) in [7, 11) is 0. The molecule has 0 aromatic rings. The van der Waals surface area contributed by atoms with Crippen molar-refractivity contribution in [2.45, 2.75) is 61.9 Å². The summed E-state index contributed by atoms with van der Waals surface area (Å²) in [6.45, 7) is 4.52. The molecule has 0 aliphatic heterocycles. The van der Waals surface area contributed by atoms with Gasteiger partial charge in [-0.1, -0.05) is 0 Å². The van der Waals surface area contributed by atoms with Gasteiger partial charge in [0.1, 0.15) is 0 Å². The van der Waals surface area contributed by atoms with Crippen LogP contribution in [0.2, 0.25) is 16.0 Å². The van der Waals surface area contributed by atoms with E-state index in [1.807, 2.05) is 0 Å². The van der Waals surface area contributed by atoms with Gasteiger partial charge in [-0.3, -0.25) is 0 Å². The van der Waals surface area contributed by atoms with Crippen LogP contribution in [0.25, 0.3) is 0 Å². The molecular weight excluding hydrogens is 302 g/mol. The average Bonchev–Trinajstić information content (AvgIpc) is 2.21. The Balaban J connectivity index is 3.02. The Kier molecular flexibility index (Phi) is 14.2. The number of hydrogen-bond acceptors (Lipinski definition) is 0. The molecule has 2 heteroatoms. The predicted octanol–water partition coefficient (Wildman–Crippen LogP) is 3.60.